The number of nitrogens with zero attached hydrogens (tertiary/aromatic N) is 2. The molecule has 0 atom stereocenters. The van der Waals surface area contributed by atoms with Gasteiger partial charge in [-0.25, -0.2) is 4.98 Å². The molecule has 0 saturated heterocycles. The maximum atomic E-state index is 5.47. The Balaban J connectivity index is 0.836. The standard InChI is InChI=1S/C66H40N2S/c1-3-16-51(17-4-1)66(52-18-5-2-6-19-52)58-22-12-11-21-54(58)56-37-48(32-34-59(56)66)43-25-23-41(24-26-43)42-27-29-45(30-28-42)61-40-57-55-33-31-44-13-9-10-20-53(44)63(55)69-64(57)65-67-60-38-49-35-46-14-7-8-15-47(46)36-50(49)39-62(60)68(61)65/h1-40H. The Bertz CT molecular complexity index is 4350. The van der Waals surface area contributed by atoms with E-state index in [1.54, 1.807) is 0 Å². The van der Waals surface area contributed by atoms with Gasteiger partial charge in [-0.05, 0) is 130 Å². The number of imidazole rings is 1. The summed E-state index contributed by atoms with van der Waals surface area (Å²) in [6.45, 7) is 0. The Kier molecular flexibility index (Phi) is 8.19. The highest BCUT2D eigenvalue weighted by Crippen LogP contribution is 2.56. The zero-order chi connectivity index (χ0) is 45.2. The molecule has 0 bridgehead atoms. The maximum absolute atomic E-state index is 5.47. The molecule has 3 aromatic heterocycles. The Morgan fingerprint density at radius 3 is 1.62 bits per heavy atom. The lowest BCUT2D eigenvalue weighted by molar-refractivity contribution is 0.768. The maximum Gasteiger partial charge on any atom is 0.156 e. The third kappa shape index (κ3) is 5.63. The molecule has 15 rings (SSSR count). The zero-order valence-corrected chi connectivity index (χ0v) is 38.2. The lowest BCUT2D eigenvalue weighted by atomic mass is 9.67. The van der Waals surface area contributed by atoms with E-state index in [0.29, 0.717) is 0 Å². The second-order valence-corrected chi connectivity index (χ2v) is 19.7. The quantitative estimate of drug-likeness (QED) is 0.157. The fourth-order valence-corrected chi connectivity index (χ4v) is 13.1. The molecule has 0 saturated carbocycles. The van der Waals surface area contributed by atoms with E-state index in [0.717, 1.165) is 27.9 Å². The van der Waals surface area contributed by atoms with Crippen LogP contribution in [0.15, 0.2) is 243 Å². The predicted octanol–water partition coefficient (Wildman–Crippen LogP) is 17.7. The van der Waals surface area contributed by atoms with Gasteiger partial charge in [0.2, 0.25) is 0 Å². The Morgan fingerprint density at radius 1 is 0.348 bits per heavy atom. The summed E-state index contributed by atoms with van der Waals surface area (Å²) in [5, 5.41) is 9.97. The monoisotopic (exact) mass is 892 g/mol. The number of thiophene rings is 1. The summed E-state index contributed by atoms with van der Waals surface area (Å²) in [7, 11) is 0. The number of rotatable bonds is 5. The molecule has 0 spiro atoms. The zero-order valence-electron chi connectivity index (χ0n) is 37.4. The number of aromatic nitrogens is 2. The number of hydrogen-bond donors (Lipinski definition) is 0. The summed E-state index contributed by atoms with van der Waals surface area (Å²) >= 11 is 1.86. The van der Waals surface area contributed by atoms with E-state index >= 15 is 0 Å². The van der Waals surface area contributed by atoms with Crippen molar-refractivity contribution in [3.63, 3.8) is 0 Å². The van der Waals surface area contributed by atoms with Gasteiger partial charge in [0.1, 0.15) is 0 Å². The van der Waals surface area contributed by atoms with Crippen LogP contribution in [0, 0.1) is 0 Å². The van der Waals surface area contributed by atoms with Gasteiger partial charge in [-0.1, -0.05) is 206 Å². The van der Waals surface area contributed by atoms with E-state index in [4.69, 9.17) is 4.98 Å². The third-order valence-corrected chi connectivity index (χ3v) is 16.3. The van der Waals surface area contributed by atoms with E-state index in [1.165, 1.54) is 108 Å². The first kappa shape index (κ1) is 38.5. The average molecular weight is 893 g/mol. The number of benzene rings is 11. The fraction of sp³-hybridized carbons (Fsp3) is 0.0152. The van der Waals surface area contributed by atoms with E-state index < -0.39 is 5.41 Å². The molecular weight excluding hydrogens is 853 g/mol. The first-order valence-corrected chi connectivity index (χ1v) is 24.6. The molecule has 0 radical (unpaired) electrons. The molecule has 0 aliphatic heterocycles. The molecule has 1 aliphatic rings. The summed E-state index contributed by atoms with van der Waals surface area (Å²) in [5.41, 5.74) is 17.6. The van der Waals surface area contributed by atoms with Crippen LogP contribution in [-0.2, 0) is 5.41 Å². The largest absolute Gasteiger partial charge is 0.291 e. The van der Waals surface area contributed by atoms with Gasteiger partial charge in [-0.15, -0.1) is 11.3 Å². The van der Waals surface area contributed by atoms with Crippen molar-refractivity contribution in [3.8, 4) is 44.6 Å². The smallest absolute Gasteiger partial charge is 0.156 e. The van der Waals surface area contributed by atoms with Crippen molar-refractivity contribution >= 4 is 80.5 Å². The summed E-state index contributed by atoms with van der Waals surface area (Å²) in [6, 6.07) is 89.9. The minimum atomic E-state index is -0.401. The predicted molar refractivity (Wildman–Crippen MR) is 292 cm³/mol. The van der Waals surface area contributed by atoms with Crippen LogP contribution < -0.4 is 0 Å². The average Bonchev–Trinajstić information content (AvgIpc) is 4.08. The molecule has 2 nitrogen and oxygen atoms in total. The topological polar surface area (TPSA) is 17.3 Å². The third-order valence-electron chi connectivity index (χ3n) is 15.0. The van der Waals surface area contributed by atoms with E-state index in [1.807, 2.05) is 11.3 Å². The fourth-order valence-electron chi connectivity index (χ4n) is 11.8. The van der Waals surface area contributed by atoms with Gasteiger partial charge in [0.05, 0.1) is 26.8 Å². The van der Waals surface area contributed by atoms with Gasteiger partial charge in [-0.2, -0.15) is 0 Å². The van der Waals surface area contributed by atoms with Crippen molar-refractivity contribution in [2.24, 2.45) is 0 Å². The van der Waals surface area contributed by atoms with Crippen molar-refractivity contribution in [2.45, 2.75) is 5.41 Å². The minimum absolute atomic E-state index is 0.401. The summed E-state index contributed by atoms with van der Waals surface area (Å²) in [5.74, 6) is 0. The highest BCUT2D eigenvalue weighted by atomic mass is 32.1. The molecule has 11 aromatic carbocycles. The highest BCUT2D eigenvalue weighted by molar-refractivity contribution is 7.27. The summed E-state index contributed by atoms with van der Waals surface area (Å²) < 4.78 is 4.93. The lowest BCUT2D eigenvalue weighted by Crippen LogP contribution is -2.28. The second kappa shape index (κ2) is 14.7. The molecule has 0 N–H and O–H groups in total. The lowest BCUT2D eigenvalue weighted by Gasteiger charge is -2.33. The van der Waals surface area contributed by atoms with E-state index in [-0.39, 0.29) is 0 Å². The Morgan fingerprint density at radius 2 is 0.913 bits per heavy atom. The van der Waals surface area contributed by atoms with Crippen molar-refractivity contribution in [1.82, 2.24) is 9.38 Å². The molecule has 0 amide bonds. The van der Waals surface area contributed by atoms with Gasteiger partial charge < -0.3 is 0 Å². The van der Waals surface area contributed by atoms with Crippen LogP contribution in [-0.4, -0.2) is 9.38 Å². The Hall–Kier alpha value is -8.63. The van der Waals surface area contributed by atoms with Crippen LogP contribution in [0.4, 0.5) is 0 Å². The molecule has 14 aromatic rings. The SMILES string of the molecule is c1ccc(C2(c3ccccc3)c3ccccc3-c3cc(-c4ccc(-c5ccc(-c6cc7c8ccc9ccccc9c8sc7c7nc8cc9cc%10ccccc%10cc9cc8n67)cc5)cc4)ccc32)cc1. The molecule has 1 aliphatic carbocycles. The molecule has 3 heterocycles. The first-order valence-electron chi connectivity index (χ1n) is 23.8. The van der Waals surface area contributed by atoms with Gasteiger partial charge >= 0.3 is 0 Å². The van der Waals surface area contributed by atoms with Gasteiger partial charge in [0.25, 0.3) is 0 Å². The molecule has 320 valence electrons. The van der Waals surface area contributed by atoms with E-state index in [9.17, 15) is 0 Å². The second-order valence-electron chi connectivity index (χ2n) is 18.6. The number of fused-ring (bicyclic) bond motifs is 14. The van der Waals surface area contributed by atoms with Crippen molar-refractivity contribution in [1.29, 1.82) is 0 Å². The van der Waals surface area contributed by atoms with Crippen LogP contribution >= 0.6 is 11.3 Å². The molecular formula is C66H40N2S. The van der Waals surface area contributed by atoms with Crippen LogP contribution in [0.3, 0.4) is 0 Å². The summed E-state index contributed by atoms with van der Waals surface area (Å²) in [4.78, 5) is 5.47. The minimum Gasteiger partial charge on any atom is -0.291 e. The van der Waals surface area contributed by atoms with Gasteiger partial charge in [0.15, 0.2) is 5.65 Å². The molecule has 69 heavy (non-hydrogen) atoms. The molecule has 0 unspecified atom stereocenters. The first-order chi connectivity index (χ1) is 34.2. The van der Waals surface area contributed by atoms with Crippen LogP contribution in [0.1, 0.15) is 22.3 Å². The van der Waals surface area contributed by atoms with E-state index in [2.05, 4.69) is 247 Å². The van der Waals surface area contributed by atoms with Crippen molar-refractivity contribution < 1.29 is 0 Å². The van der Waals surface area contributed by atoms with Crippen LogP contribution in [0.5, 0.6) is 0 Å². The Labute approximate surface area is 402 Å². The van der Waals surface area contributed by atoms with Crippen LogP contribution in [0.2, 0.25) is 0 Å². The van der Waals surface area contributed by atoms with Gasteiger partial charge in [-0.3, -0.25) is 4.40 Å². The molecule has 3 heteroatoms. The van der Waals surface area contributed by atoms with Crippen LogP contribution in [0.25, 0.3) is 114 Å². The number of hydrogen-bond acceptors (Lipinski definition) is 2. The summed E-state index contributed by atoms with van der Waals surface area (Å²) in [6.07, 6.45) is 0. The highest BCUT2D eigenvalue weighted by Gasteiger charge is 2.46. The normalized spacial score (nSPS) is 13.0. The van der Waals surface area contributed by atoms with Crippen molar-refractivity contribution in [2.75, 3.05) is 0 Å². The number of pyridine rings is 1. The van der Waals surface area contributed by atoms with Gasteiger partial charge in [0, 0.05) is 15.5 Å². The molecule has 0 fully saturated rings. The van der Waals surface area contributed by atoms with Crippen molar-refractivity contribution in [3.05, 3.63) is 265 Å².